The van der Waals surface area contributed by atoms with E-state index >= 15 is 0 Å². The first kappa shape index (κ1) is 23.6. The van der Waals surface area contributed by atoms with E-state index in [1.54, 1.807) is 15.5 Å². The summed E-state index contributed by atoms with van der Waals surface area (Å²) in [7, 11) is 0. The Morgan fingerprint density at radius 1 is 1.19 bits per heavy atom. The summed E-state index contributed by atoms with van der Waals surface area (Å²) in [5, 5.41) is 7.24. The Morgan fingerprint density at radius 3 is 2.66 bits per heavy atom. The molecule has 1 N–H and O–H groups in total. The van der Waals surface area contributed by atoms with Gasteiger partial charge in [0, 0.05) is 25.2 Å². The summed E-state index contributed by atoms with van der Waals surface area (Å²) in [6.45, 7) is 8.60. The van der Waals surface area contributed by atoms with Gasteiger partial charge in [-0.3, -0.25) is 9.36 Å². The summed E-state index contributed by atoms with van der Waals surface area (Å²) >= 11 is 0. The number of fused-ring (bicyclic) bond motifs is 1. The van der Waals surface area contributed by atoms with Crippen LogP contribution in [0.4, 0.5) is 10.5 Å². The molecule has 2 aromatic rings. The van der Waals surface area contributed by atoms with Crippen molar-refractivity contribution >= 4 is 17.7 Å². The largest absolute Gasteiger partial charge is 0.444 e. The zero-order valence-corrected chi connectivity index (χ0v) is 19.4. The second-order valence-corrected chi connectivity index (χ2v) is 9.02. The lowest BCUT2D eigenvalue weighted by molar-refractivity contribution is -0.117. The van der Waals surface area contributed by atoms with Crippen LogP contribution in [0.15, 0.2) is 29.1 Å². The predicted octanol–water partition coefficient (Wildman–Crippen LogP) is 3.17. The second-order valence-electron chi connectivity index (χ2n) is 9.02. The Kier molecular flexibility index (Phi) is 7.37. The molecule has 0 bridgehead atoms. The molecule has 0 unspecified atom stereocenters. The van der Waals surface area contributed by atoms with E-state index in [-0.39, 0.29) is 18.1 Å². The third-order valence-electron chi connectivity index (χ3n) is 5.26. The van der Waals surface area contributed by atoms with Crippen molar-refractivity contribution in [3.05, 3.63) is 46.1 Å². The minimum atomic E-state index is -0.589. The van der Waals surface area contributed by atoms with Gasteiger partial charge in [-0.25, -0.2) is 14.3 Å². The summed E-state index contributed by atoms with van der Waals surface area (Å²) in [5.74, 6) is 0.407. The van der Waals surface area contributed by atoms with Crippen LogP contribution < -0.4 is 11.0 Å². The molecule has 32 heavy (non-hydrogen) atoms. The number of nitrogens with one attached hydrogen (secondary N) is 1. The molecule has 9 heteroatoms. The Bertz CT molecular complexity index is 1020. The van der Waals surface area contributed by atoms with Crippen LogP contribution >= 0.6 is 0 Å². The van der Waals surface area contributed by atoms with Gasteiger partial charge in [-0.15, -0.1) is 0 Å². The number of benzene rings is 1. The molecule has 0 aliphatic carbocycles. The summed E-state index contributed by atoms with van der Waals surface area (Å²) in [5.41, 5.74) is 0.538. The first-order valence-electron chi connectivity index (χ1n) is 11.2. The van der Waals surface area contributed by atoms with Crippen LogP contribution in [0, 0.1) is 0 Å². The topological polar surface area (TPSA) is 98.5 Å². The van der Waals surface area contributed by atoms with Crippen LogP contribution in [0.5, 0.6) is 0 Å². The van der Waals surface area contributed by atoms with Gasteiger partial charge >= 0.3 is 11.8 Å². The van der Waals surface area contributed by atoms with Gasteiger partial charge in [0.1, 0.15) is 18.0 Å². The molecular weight excluding hydrogens is 410 g/mol. The summed E-state index contributed by atoms with van der Waals surface area (Å²) in [6, 6.07) is 7.30. The Balaban J connectivity index is 1.70. The van der Waals surface area contributed by atoms with Crippen molar-refractivity contribution in [2.45, 2.75) is 78.6 Å². The number of hydrogen-bond acceptors (Lipinski definition) is 5. The van der Waals surface area contributed by atoms with Gasteiger partial charge in [-0.1, -0.05) is 24.6 Å². The maximum atomic E-state index is 12.7. The van der Waals surface area contributed by atoms with Crippen molar-refractivity contribution in [3.8, 4) is 0 Å². The summed E-state index contributed by atoms with van der Waals surface area (Å²) < 4.78 is 8.38. The zero-order chi connectivity index (χ0) is 23.3. The SMILES string of the molecule is CCN(Cc1ccccc1NC(=O)Cn1nc2n(c1=O)CCCCC2)C(=O)OC(C)(C)C. The normalized spacial score (nSPS) is 13.8. The van der Waals surface area contributed by atoms with Crippen molar-refractivity contribution in [3.63, 3.8) is 0 Å². The molecular formula is C23H33N5O4. The van der Waals surface area contributed by atoms with E-state index in [1.807, 2.05) is 45.9 Å². The minimum absolute atomic E-state index is 0.156. The molecule has 2 amide bonds. The zero-order valence-electron chi connectivity index (χ0n) is 19.4. The monoisotopic (exact) mass is 443 g/mol. The number of ether oxygens (including phenoxy) is 1. The van der Waals surface area contributed by atoms with Gasteiger partial charge in [0.2, 0.25) is 5.91 Å². The average molecular weight is 444 g/mol. The number of aryl methyl sites for hydroxylation is 1. The molecule has 9 nitrogen and oxygen atoms in total. The number of para-hydroxylation sites is 1. The molecule has 1 aliphatic rings. The van der Waals surface area contributed by atoms with Crippen molar-refractivity contribution in [1.29, 1.82) is 0 Å². The highest BCUT2D eigenvalue weighted by atomic mass is 16.6. The van der Waals surface area contributed by atoms with Crippen molar-refractivity contribution in [2.24, 2.45) is 0 Å². The first-order valence-corrected chi connectivity index (χ1v) is 11.2. The van der Waals surface area contributed by atoms with E-state index in [1.165, 1.54) is 4.68 Å². The standard InChI is InChI=1S/C23H33N5O4/c1-5-26(22(31)32-23(2,3)4)15-17-11-8-9-12-18(17)24-20(29)16-28-21(30)27-14-10-6-7-13-19(27)25-28/h8-9,11-12H,5-7,10,13-16H2,1-4H3,(H,24,29). The average Bonchev–Trinajstić information content (AvgIpc) is 2.88. The van der Waals surface area contributed by atoms with Gasteiger partial charge in [-0.2, -0.15) is 5.10 Å². The van der Waals surface area contributed by atoms with Crippen LogP contribution in [0.3, 0.4) is 0 Å². The highest BCUT2D eigenvalue weighted by Crippen LogP contribution is 2.19. The molecule has 0 saturated carbocycles. The lowest BCUT2D eigenvalue weighted by Gasteiger charge is -2.27. The third kappa shape index (κ3) is 5.99. The molecule has 0 radical (unpaired) electrons. The Labute approximate surface area is 188 Å². The molecule has 1 aromatic heterocycles. The number of anilines is 1. The fourth-order valence-corrected chi connectivity index (χ4v) is 3.67. The number of carbonyl (C=O) groups is 2. The van der Waals surface area contributed by atoms with E-state index < -0.39 is 11.7 Å². The van der Waals surface area contributed by atoms with Crippen LogP contribution in [0.25, 0.3) is 0 Å². The molecule has 174 valence electrons. The lowest BCUT2D eigenvalue weighted by Crippen LogP contribution is -2.36. The molecule has 1 aliphatic heterocycles. The minimum Gasteiger partial charge on any atom is -0.444 e. The summed E-state index contributed by atoms with van der Waals surface area (Å²) in [4.78, 5) is 39.4. The van der Waals surface area contributed by atoms with Gasteiger partial charge in [-0.05, 0) is 52.2 Å². The molecule has 0 saturated heterocycles. The van der Waals surface area contributed by atoms with Crippen LogP contribution in [-0.4, -0.2) is 43.4 Å². The number of hydrogen-bond donors (Lipinski definition) is 1. The van der Waals surface area contributed by atoms with Gasteiger partial charge in [0.25, 0.3) is 0 Å². The number of amides is 2. The smallest absolute Gasteiger partial charge is 0.410 e. The van der Waals surface area contributed by atoms with Crippen molar-refractivity contribution in [1.82, 2.24) is 19.2 Å². The molecule has 3 rings (SSSR count). The molecule has 0 spiro atoms. The first-order chi connectivity index (χ1) is 15.2. The van der Waals surface area contributed by atoms with Crippen molar-refractivity contribution < 1.29 is 14.3 Å². The van der Waals surface area contributed by atoms with E-state index in [2.05, 4.69) is 10.4 Å². The van der Waals surface area contributed by atoms with Gasteiger partial charge < -0.3 is 15.0 Å². The Hall–Kier alpha value is -3.10. The van der Waals surface area contributed by atoms with Gasteiger partial charge in [0.15, 0.2) is 0 Å². The predicted molar refractivity (Wildman–Crippen MR) is 121 cm³/mol. The van der Waals surface area contributed by atoms with Crippen LogP contribution in [0.2, 0.25) is 0 Å². The fraction of sp³-hybridized carbons (Fsp3) is 0.565. The lowest BCUT2D eigenvalue weighted by atomic mass is 10.1. The molecule has 0 fully saturated rings. The molecule has 1 aromatic carbocycles. The van der Waals surface area contributed by atoms with E-state index in [0.717, 1.165) is 37.1 Å². The number of aromatic nitrogens is 3. The number of nitrogens with zero attached hydrogens (tertiary/aromatic N) is 4. The van der Waals surface area contributed by atoms with Gasteiger partial charge in [0.05, 0.1) is 6.54 Å². The molecule has 0 atom stereocenters. The van der Waals surface area contributed by atoms with Crippen molar-refractivity contribution in [2.75, 3.05) is 11.9 Å². The number of carbonyl (C=O) groups excluding carboxylic acids is 2. The quantitative estimate of drug-likeness (QED) is 0.739. The van der Waals surface area contributed by atoms with Crippen LogP contribution in [0.1, 0.15) is 58.3 Å². The maximum absolute atomic E-state index is 12.7. The van der Waals surface area contributed by atoms with E-state index in [4.69, 9.17) is 4.74 Å². The fourth-order valence-electron chi connectivity index (χ4n) is 3.67. The maximum Gasteiger partial charge on any atom is 0.410 e. The van der Waals surface area contributed by atoms with Crippen LogP contribution in [-0.2, 0) is 35.6 Å². The van der Waals surface area contributed by atoms with E-state index in [0.29, 0.717) is 25.3 Å². The third-order valence-corrected chi connectivity index (χ3v) is 5.26. The Morgan fingerprint density at radius 2 is 1.94 bits per heavy atom. The molecule has 2 heterocycles. The highest BCUT2D eigenvalue weighted by Gasteiger charge is 2.22. The second kappa shape index (κ2) is 10.0. The number of rotatable bonds is 6. The summed E-state index contributed by atoms with van der Waals surface area (Å²) in [6.07, 6.45) is 3.38. The van der Waals surface area contributed by atoms with E-state index in [9.17, 15) is 14.4 Å². The highest BCUT2D eigenvalue weighted by molar-refractivity contribution is 5.91.